The van der Waals surface area contributed by atoms with Gasteiger partial charge in [-0.3, -0.25) is 0 Å². The third-order valence-corrected chi connectivity index (χ3v) is 4.54. The third-order valence-electron chi connectivity index (χ3n) is 3.74. The first-order valence-corrected chi connectivity index (χ1v) is 9.63. The van der Waals surface area contributed by atoms with Crippen molar-refractivity contribution in [2.45, 2.75) is 76.7 Å². The zero-order valence-electron chi connectivity index (χ0n) is 12.3. The summed E-state index contributed by atoms with van der Waals surface area (Å²) in [4.78, 5) is 0. The van der Waals surface area contributed by atoms with Crippen molar-refractivity contribution in [1.29, 1.82) is 0 Å². The maximum atomic E-state index is 5.73. The zero-order valence-corrected chi connectivity index (χ0v) is 14.6. The molecule has 0 aliphatic carbocycles. The first kappa shape index (κ1) is 19.9. The fourth-order valence-electron chi connectivity index (χ4n) is 2.55. The van der Waals surface area contributed by atoms with E-state index in [4.69, 9.17) is 34.8 Å². The molecule has 0 bridgehead atoms. The molecule has 4 heteroatoms. The minimum Gasteiger partial charge on any atom is -0.127 e. The fraction of sp³-hybridized carbons (Fsp3) is 1.00. The van der Waals surface area contributed by atoms with E-state index in [-0.39, 0.29) is 0 Å². The van der Waals surface area contributed by atoms with Gasteiger partial charge in [0.1, 0.15) is 6.71 Å². The molecular weight excluding hydrogens is 297 g/mol. The molecule has 0 spiro atoms. The van der Waals surface area contributed by atoms with Crippen molar-refractivity contribution < 1.29 is 0 Å². The average molecular weight is 328 g/mol. The molecule has 0 aliphatic rings. The lowest BCUT2D eigenvalue weighted by molar-refractivity contribution is 0.730. The molecule has 19 heavy (non-hydrogen) atoms. The molecule has 0 fully saturated rings. The Kier molecular flexibility index (Phi) is 17.8. The lowest BCUT2D eigenvalue weighted by Gasteiger charge is -2.13. The van der Waals surface area contributed by atoms with E-state index in [1.54, 1.807) is 0 Å². The van der Waals surface area contributed by atoms with Crippen LogP contribution in [0.2, 0.25) is 19.0 Å². The molecule has 0 unspecified atom stereocenters. The normalized spacial score (nSPS) is 10.9. The summed E-state index contributed by atoms with van der Waals surface area (Å²) in [5.74, 6) is 2.45. The smallest absolute Gasteiger partial charge is 0.127 e. The summed E-state index contributed by atoms with van der Waals surface area (Å²) >= 11 is 17.2. The van der Waals surface area contributed by atoms with Crippen LogP contribution in [0.5, 0.6) is 0 Å². The van der Waals surface area contributed by atoms with Crippen molar-refractivity contribution >= 4 is 41.5 Å². The molecular formula is C15H30BCl3. The Morgan fingerprint density at radius 3 is 1.00 bits per heavy atom. The molecule has 114 valence electrons. The second-order valence-corrected chi connectivity index (χ2v) is 6.61. The van der Waals surface area contributed by atoms with Crippen molar-refractivity contribution in [3.63, 3.8) is 0 Å². The van der Waals surface area contributed by atoms with Crippen LogP contribution in [0.25, 0.3) is 0 Å². The van der Waals surface area contributed by atoms with Crippen LogP contribution in [-0.2, 0) is 0 Å². The average Bonchev–Trinajstić information content (AvgIpc) is 2.43. The second kappa shape index (κ2) is 17.0. The van der Waals surface area contributed by atoms with Gasteiger partial charge in [-0.15, -0.1) is 34.8 Å². The molecule has 0 saturated carbocycles. The van der Waals surface area contributed by atoms with Crippen LogP contribution in [0, 0.1) is 0 Å². The summed E-state index contributed by atoms with van der Waals surface area (Å²) < 4.78 is 0. The Hall–Kier alpha value is 0.935. The number of halogens is 3. The molecule has 0 rings (SSSR count). The van der Waals surface area contributed by atoms with Crippen molar-refractivity contribution in [2.24, 2.45) is 0 Å². The Labute approximate surface area is 136 Å². The number of alkyl halides is 3. The molecule has 0 aromatic rings. The minimum atomic E-state index is 0.816. The molecule has 0 radical (unpaired) electrons. The summed E-state index contributed by atoms with van der Waals surface area (Å²) in [6.07, 6.45) is 15.6. The van der Waals surface area contributed by atoms with E-state index in [1.807, 2.05) is 0 Å². The van der Waals surface area contributed by atoms with Gasteiger partial charge in [0, 0.05) is 17.6 Å². The predicted octanol–water partition coefficient (Wildman–Crippen LogP) is 6.71. The lowest BCUT2D eigenvalue weighted by Crippen LogP contribution is -2.12. The number of hydrogen-bond donors (Lipinski definition) is 0. The largest absolute Gasteiger partial charge is 0.139 e. The molecule has 0 N–H and O–H groups in total. The molecule has 0 aromatic carbocycles. The SMILES string of the molecule is ClCCCCCB(CCCCCCl)CCCCCCl. The van der Waals surface area contributed by atoms with E-state index < -0.39 is 0 Å². The summed E-state index contributed by atoms with van der Waals surface area (Å²) in [5.41, 5.74) is 0. The highest BCUT2D eigenvalue weighted by atomic mass is 35.5. The van der Waals surface area contributed by atoms with Crippen LogP contribution in [0.15, 0.2) is 0 Å². The van der Waals surface area contributed by atoms with E-state index in [9.17, 15) is 0 Å². The second-order valence-electron chi connectivity index (χ2n) is 5.48. The Morgan fingerprint density at radius 2 is 0.737 bits per heavy atom. The first-order chi connectivity index (χ1) is 9.35. The summed E-state index contributed by atoms with van der Waals surface area (Å²) in [5, 5.41) is 0. The third kappa shape index (κ3) is 15.1. The van der Waals surface area contributed by atoms with Gasteiger partial charge < -0.3 is 0 Å². The molecule has 0 aromatic heterocycles. The first-order valence-electron chi connectivity index (χ1n) is 8.03. The van der Waals surface area contributed by atoms with Gasteiger partial charge >= 0.3 is 0 Å². The van der Waals surface area contributed by atoms with Gasteiger partial charge in [-0.25, -0.2) is 0 Å². The number of hydrogen-bond acceptors (Lipinski definition) is 0. The van der Waals surface area contributed by atoms with Crippen LogP contribution in [0.3, 0.4) is 0 Å². The van der Waals surface area contributed by atoms with Crippen molar-refractivity contribution in [3.8, 4) is 0 Å². The van der Waals surface area contributed by atoms with Gasteiger partial charge in [0.15, 0.2) is 0 Å². The van der Waals surface area contributed by atoms with E-state index in [0.29, 0.717) is 0 Å². The summed E-state index contributed by atoms with van der Waals surface area (Å²) in [6, 6.07) is 0. The number of rotatable bonds is 15. The van der Waals surface area contributed by atoms with Crippen LogP contribution in [-0.4, -0.2) is 24.4 Å². The van der Waals surface area contributed by atoms with Gasteiger partial charge in [0.25, 0.3) is 0 Å². The van der Waals surface area contributed by atoms with Gasteiger partial charge in [-0.1, -0.05) is 57.5 Å². The lowest BCUT2D eigenvalue weighted by atomic mass is 9.41. The van der Waals surface area contributed by atoms with E-state index in [2.05, 4.69) is 0 Å². The molecule has 0 saturated heterocycles. The zero-order chi connectivity index (χ0) is 14.2. The molecule has 0 atom stereocenters. The van der Waals surface area contributed by atoms with Crippen LogP contribution in [0.4, 0.5) is 0 Å². The van der Waals surface area contributed by atoms with Gasteiger partial charge in [-0.05, 0) is 19.3 Å². The monoisotopic (exact) mass is 326 g/mol. The Morgan fingerprint density at radius 1 is 0.421 bits per heavy atom. The van der Waals surface area contributed by atoms with Gasteiger partial charge in [0.2, 0.25) is 0 Å². The summed E-state index contributed by atoms with van der Waals surface area (Å²) in [7, 11) is 0. The minimum absolute atomic E-state index is 0.816. The molecule has 0 amide bonds. The molecule has 0 nitrogen and oxygen atoms in total. The van der Waals surface area contributed by atoms with Gasteiger partial charge in [0.05, 0.1) is 0 Å². The Bertz CT molecular complexity index is 139. The van der Waals surface area contributed by atoms with Crippen molar-refractivity contribution in [2.75, 3.05) is 17.6 Å². The summed E-state index contributed by atoms with van der Waals surface area (Å²) in [6.45, 7) is 0.918. The van der Waals surface area contributed by atoms with E-state index >= 15 is 0 Å². The predicted molar refractivity (Wildman–Crippen MR) is 93.9 cm³/mol. The van der Waals surface area contributed by atoms with Crippen LogP contribution in [0.1, 0.15) is 57.8 Å². The fourth-order valence-corrected chi connectivity index (χ4v) is 3.11. The highest BCUT2D eigenvalue weighted by Crippen LogP contribution is 2.18. The van der Waals surface area contributed by atoms with Crippen LogP contribution >= 0.6 is 34.8 Å². The molecule has 0 aliphatic heterocycles. The van der Waals surface area contributed by atoms with Gasteiger partial charge in [-0.2, -0.15) is 0 Å². The van der Waals surface area contributed by atoms with E-state index in [1.165, 1.54) is 76.7 Å². The highest BCUT2D eigenvalue weighted by Gasteiger charge is 2.12. The van der Waals surface area contributed by atoms with Crippen molar-refractivity contribution in [1.82, 2.24) is 0 Å². The van der Waals surface area contributed by atoms with Crippen LogP contribution < -0.4 is 0 Å². The maximum Gasteiger partial charge on any atom is 0.139 e. The number of unbranched alkanes of at least 4 members (excludes halogenated alkanes) is 6. The van der Waals surface area contributed by atoms with E-state index in [0.717, 1.165) is 24.4 Å². The topological polar surface area (TPSA) is 0 Å². The standard InChI is InChI=1S/C15H30BCl3/c17-13-7-1-4-10-16(11-5-2-8-14-18)12-6-3-9-15-19/h1-15H2. The molecule has 0 heterocycles. The van der Waals surface area contributed by atoms with Crippen molar-refractivity contribution in [3.05, 3.63) is 0 Å². The Balaban J connectivity index is 3.66. The quantitative estimate of drug-likeness (QED) is 0.178. The maximum absolute atomic E-state index is 5.73. The highest BCUT2D eigenvalue weighted by molar-refractivity contribution is 6.58.